The molecule has 1 saturated heterocycles. The Morgan fingerprint density at radius 1 is 1.22 bits per heavy atom. The van der Waals surface area contributed by atoms with Crippen molar-refractivity contribution in [3.05, 3.63) is 30.1 Å². The molecule has 18 heavy (non-hydrogen) atoms. The molecule has 98 valence electrons. The molecule has 0 aromatic carbocycles. The first-order valence-corrected chi connectivity index (χ1v) is 6.30. The Bertz CT molecular complexity index is 383. The van der Waals surface area contributed by atoms with E-state index in [0.717, 1.165) is 44.8 Å². The van der Waals surface area contributed by atoms with Crippen molar-refractivity contribution in [3.8, 4) is 0 Å². The largest absolute Gasteiger partial charge is 0.480 e. The number of hydrogen-bond donors (Lipinski definition) is 1. The first-order valence-electron chi connectivity index (χ1n) is 6.30. The molecule has 0 amide bonds. The fourth-order valence-corrected chi connectivity index (χ4v) is 2.25. The Kier molecular flexibility index (Phi) is 4.66. The Hall–Kier alpha value is -1.46. The fourth-order valence-electron chi connectivity index (χ4n) is 2.25. The van der Waals surface area contributed by atoms with Crippen molar-refractivity contribution in [2.45, 2.75) is 13.0 Å². The van der Waals surface area contributed by atoms with E-state index >= 15 is 0 Å². The van der Waals surface area contributed by atoms with Crippen LogP contribution in [0.5, 0.6) is 0 Å². The second kappa shape index (κ2) is 6.47. The van der Waals surface area contributed by atoms with Crippen molar-refractivity contribution in [2.24, 2.45) is 0 Å². The molecule has 0 spiro atoms. The van der Waals surface area contributed by atoms with Crippen LogP contribution in [0.25, 0.3) is 0 Å². The molecule has 0 atom stereocenters. The predicted molar refractivity (Wildman–Crippen MR) is 68.2 cm³/mol. The number of aromatic nitrogens is 1. The van der Waals surface area contributed by atoms with Gasteiger partial charge in [0.15, 0.2) is 0 Å². The smallest absolute Gasteiger partial charge is 0.317 e. The molecule has 0 bridgehead atoms. The molecule has 0 radical (unpaired) electrons. The number of aliphatic carboxylic acids is 1. The van der Waals surface area contributed by atoms with Gasteiger partial charge in [-0.25, -0.2) is 0 Å². The summed E-state index contributed by atoms with van der Waals surface area (Å²) in [5.74, 6) is -0.742. The van der Waals surface area contributed by atoms with Crippen molar-refractivity contribution in [1.29, 1.82) is 0 Å². The number of nitrogens with zero attached hydrogens (tertiary/aromatic N) is 3. The summed E-state index contributed by atoms with van der Waals surface area (Å²) in [6, 6.07) is 5.94. The van der Waals surface area contributed by atoms with Crippen LogP contribution in [0, 0.1) is 0 Å². The molecule has 0 unspecified atom stereocenters. The van der Waals surface area contributed by atoms with Gasteiger partial charge in [-0.3, -0.25) is 19.6 Å². The van der Waals surface area contributed by atoms with E-state index in [1.54, 1.807) is 0 Å². The van der Waals surface area contributed by atoms with Gasteiger partial charge < -0.3 is 5.11 Å². The van der Waals surface area contributed by atoms with Crippen molar-refractivity contribution >= 4 is 5.97 Å². The zero-order chi connectivity index (χ0) is 12.8. The molecule has 1 aliphatic heterocycles. The molecule has 1 fully saturated rings. The van der Waals surface area contributed by atoms with Crippen LogP contribution < -0.4 is 0 Å². The van der Waals surface area contributed by atoms with E-state index in [-0.39, 0.29) is 6.54 Å². The van der Waals surface area contributed by atoms with Crippen LogP contribution in [-0.2, 0) is 11.3 Å². The third kappa shape index (κ3) is 4.09. The normalized spacial score (nSPS) is 18.4. The predicted octanol–water partition coefficient (Wildman–Crippen LogP) is 0.674. The Morgan fingerprint density at radius 2 is 2.00 bits per heavy atom. The molecule has 5 nitrogen and oxygen atoms in total. The van der Waals surface area contributed by atoms with Gasteiger partial charge >= 0.3 is 5.97 Å². The summed E-state index contributed by atoms with van der Waals surface area (Å²) in [6.45, 7) is 4.60. The van der Waals surface area contributed by atoms with E-state index in [4.69, 9.17) is 5.11 Å². The van der Waals surface area contributed by atoms with Gasteiger partial charge in [0.1, 0.15) is 0 Å². The fraction of sp³-hybridized carbons (Fsp3) is 0.538. The SMILES string of the molecule is O=C(O)CN1CCCN(Cc2ccccn2)CC1. The molecular formula is C13H19N3O2. The number of carboxylic acids is 1. The average molecular weight is 249 g/mol. The lowest BCUT2D eigenvalue weighted by atomic mass is 10.3. The van der Waals surface area contributed by atoms with Crippen LogP contribution in [-0.4, -0.2) is 58.6 Å². The second-order valence-electron chi connectivity index (χ2n) is 4.62. The molecule has 0 saturated carbocycles. The summed E-state index contributed by atoms with van der Waals surface area (Å²) in [4.78, 5) is 19.3. The van der Waals surface area contributed by atoms with E-state index in [1.165, 1.54) is 0 Å². The highest BCUT2D eigenvalue weighted by atomic mass is 16.4. The summed E-state index contributed by atoms with van der Waals surface area (Å²) < 4.78 is 0. The van der Waals surface area contributed by atoms with E-state index < -0.39 is 5.97 Å². The molecule has 1 N–H and O–H groups in total. The number of rotatable bonds is 4. The Labute approximate surface area is 107 Å². The third-order valence-corrected chi connectivity index (χ3v) is 3.15. The summed E-state index contributed by atoms with van der Waals surface area (Å²) in [7, 11) is 0. The van der Waals surface area contributed by atoms with Crippen LogP contribution in [0.4, 0.5) is 0 Å². The summed E-state index contributed by atoms with van der Waals surface area (Å²) >= 11 is 0. The minimum atomic E-state index is -0.742. The van der Waals surface area contributed by atoms with Crippen LogP contribution in [0.3, 0.4) is 0 Å². The van der Waals surface area contributed by atoms with Gasteiger partial charge in [0.25, 0.3) is 0 Å². The summed E-state index contributed by atoms with van der Waals surface area (Å²) in [5.41, 5.74) is 1.07. The molecule has 5 heteroatoms. The van der Waals surface area contributed by atoms with Crippen LogP contribution in [0.2, 0.25) is 0 Å². The lowest BCUT2D eigenvalue weighted by Gasteiger charge is -2.20. The number of carboxylic acid groups (broad SMARTS) is 1. The molecule has 2 heterocycles. The van der Waals surface area contributed by atoms with Gasteiger partial charge in [0.05, 0.1) is 12.2 Å². The van der Waals surface area contributed by atoms with Gasteiger partial charge in [-0.15, -0.1) is 0 Å². The lowest BCUT2D eigenvalue weighted by Crippen LogP contribution is -2.34. The van der Waals surface area contributed by atoms with Gasteiger partial charge in [-0.1, -0.05) is 6.07 Å². The van der Waals surface area contributed by atoms with Crippen molar-refractivity contribution in [2.75, 3.05) is 32.7 Å². The quantitative estimate of drug-likeness (QED) is 0.850. The zero-order valence-corrected chi connectivity index (χ0v) is 10.5. The van der Waals surface area contributed by atoms with Gasteiger partial charge in [-0.05, 0) is 25.1 Å². The standard InChI is InChI=1S/C13H19N3O2/c17-13(18)11-16-7-3-6-15(8-9-16)10-12-4-1-2-5-14-12/h1-2,4-5H,3,6-11H2,(H,17,18). The van der Waals surface area contributed by atoms with Crippen LogP contribution in [0.15, 0.2) is 24.4 Å². The molecule has 0 aliphatic carbocycles. The van der Waals surface area contributed by atoms with Crippen LogP contribution in [0.1, 0.15) is 12.1 Å². The number of pyridine rings is 1. The second-order valence-corrected chi connectivity index (χ2v) is 4.62. The van der Waals surface area contributed by atoms with Gasteiger partial charge in [0, 0.05) is 32.4 Å². The van der Waals surface area contributed by atoms with E-state index in [0.29, 0.717) is 0 Å². The summed E-state index contributed by atoms with van der Waals surface area (Å²) in [5, 5.41) is 8.79. The first kappa shape index (κ1) is 13.0. The number of carbonyl (C=O) groups is 1. The highest BCUT2D eigenvalue weighted by Crippen LogP contribution is 2.07. The van der Waals surface area contributed by atoms with Crippen LogP contribution >= 0.6 is 0 Å². The first-order chi connectivity index (χ1) is 8.74. The highest BCUT2D eigenvalue weighted by Gasteiger charge is 2.16. The minimum Gasteiger partial charge on any atom is -0.480 e. The van der Waals surface area contributed by atoms with Crippen molar-refractivity contribution in [3.63, 3.8) is 0 Å². The maximum Gasteiger partial charge on any atom is 0.317 e. The van der Waals surface area contributed by atoms with Crippen molar-refractivity contribution in [1.82, 2.24) is 14.8 Å². The highest BCUT2D eigenvalue weighted by molar-refractivity contribution is 5.69. The molecule has 2 rings (SSSR count). The maximum atomic E-state index is 10.7. The van der Waals surface area contributed by atoms with Crippen molar-refractivity contribution < 1.29 is 9.90 Å². The maximum absolute atomic E-state index is 10.7. The van der Waals surface area contributed by atoms with E-state index in [1.807, 2.05) is 29.3 Å². The Morgan fingerprint density at radius 3 is 2.72 bits per heavy atom. The average Bonchev–Trinajstić information content (AvgIpc) is 2.56. The van der Waals surface area contributed by atoms with Gasteiger partial charge in [0.2, 0.25) is 0 Å². The van der Waals surface area contributed by atoms with Gasteiger partial charge in [-0.2, -0.15) is 0 Å². The molecule has 1 aromatic heterocycles. The Balaban J connectivity index is 1.84. The lowest BCUT2D eigenvalue weighted by molar-refractivity contribution is -0.138. The monoisotopic (exact) mass is 249 g/mol. The molecule has 1 aromatic rings. The van der Waals surface area contributed by atoms with E-state index in [2.05, 4.69) is 9.88 Å². The molecule has 1 aliphatic rings. The third-order valence-electron chi connectivity index (χ3n) is 3.15. The number of hydrogen-bond acceptors (Lipinski definition) is 4. The molecular weight excluding hydrogens is 230 g/mol. The van der Waals surface area contributed by atoms with E-state index in [9.17, 15) is 4.79 Å². The zero-order valence-electron chi connectivity index (χ0n) is 10.5. The minimum absolute atomic E-state index is 0.150. The summed E-state index contributed by atoms with van der Waals surface area (Å²) in [6.07, 6.45) is 2.82. The topological polar surface area (TPSA) is 56.7 Å².